The van der Waals surface area contributed by atoms with Crippen molar-refractivity contribution >= 4 is 23.1 Å². The van der Waals surface area contributed by atoms with Gasteiger partial charge in [0.25, 0.3) is 5.91 Å². The molecule has 3 aromatic rings. The molecule has 0 bridgehead atoms. The number of carbonyl (C=O) groups is 1. The van der Waals surface area contributed by atoms with Gasteiger partial charge in [-0.15, -0.1) is 0 Å². The van der Waals surface area contributed by atoms with Gasteiger partial charge in [0.1, 0.15) is 17.3 Å². The van der Waals surface area contributed by atoms with Crippen molar-refractivity contribution in [3.8, 4) is 0 Å². The van der Waals surface area contributed by atoms with Crippen LogP contribution >= 0.6 is 0 Å². The predicted molar refractivity (Wildman–Crippen MR) is 100 cm³/mol. The van der Waals surface area contributed by atoms with E-state index in [0.29, 0.717) is 11.6 Å². The number of amides is 1. The van der Waals surface area contributed by atoms with E-state index < -0.39 is 17.5 Å². The molecule has 2 N–H and O–H groups in total. The van der Waals surface area contributed by atoms with Crippen LogP contribution in [0.1, 0.15) is 27.4 Å². The molecule has 2 aromatic carbocycles. The maximum Gasteiger partial charge on any atom is 0.274 e. The highest BCUT2D eigenvalue weighted by atomic mass is 19.2. The third kappa shape index (κ3) is 4.44. The van der Waals surface area contributed by atoms with Gasteiger partial charge < -0.3 is 10.6 Å². The molecule has 1 heterocycles. The van der Waals surface area contributed by atoms with Gasteiger partial charge in [-0.05, 0) is 56.2 Å². The SMILES string of the molecule is Cc1nc(Nc2ccc(C)c(C)c2)cc(C(=O)Nc2ccc(F)c(F)c2)n1. The number of anilines is 3. The van der Waals surface area contributed by atoms with Crippen molar-refractivity contribution in [2.45, 2.75) is 20.8 Å². The maximum absolute atomic E-state index is 13.3. The number of aromatic nitrogens is 2. The summed E-state index contributed by atoms with van der Waals surface area (Å²) < 4.78 is 26.3. The van der Waals surface area contributed by atoms with Crippen molar-refractivity contribution in [3.63, 3.8) is 0 Å². The Kier molecular flexibility index (Phi) is 5.12. The summed E-state index contributed by atoms with van der Waals surface area (Å²) in [7, 11) is 0. The first-order valence-electron chi connectivity index (χ1n) is 8.28. The molecule has 0 aliphatic heterocycles. The Morgan fingerprint density at radius 2 is 1.59 bits per heavy atom. The predicted octanol–water partition coefficient (Wildman–Crippen LogP) is 4.68. The molecule has 138 valence electrons. The molecule has 0 aliphatic rings. The molecule has 27 heavy (non-hydrogen) atoms. The minimum absolute atomic E-state index is 0.110. The van der Waals surface area contributed by atoms with Gasteiger partial charge >= 0.3 is 0 Å². The van der Waals surface area contributed by atoms with Crippen LogP contribution in [0.2, 0.25) is 0 Å². The van der Waals surface area contributed by atoms with Crippen LogP contribution in [0.15, 0.2) is 42.5 Å². The summed E-state index contributed by atoms with van der Waals surface area (Å²) in [5, 5.41) is 5.65. The first-order valence-corrected chi connectivity index (χ1v) is 8.28. The Balaban J connectivity index is 1.82. The van der Waals surface area contributed by atoms with Gasteiger partial charge in [-0.2, -0.15) is 0 Å². The fourth-order valence-electron chi connectivity index (χ4n) is 2.48. The summed E-state index contributed by atoms with van der Waals surface area (Å²) in [6, 6.07) is 10.5. The molecule has 0 spiro atoms. The first kappa shape index (κ1) is 18.4. The average Bonchev–Trinajstić information content (AvgIpc) is 2.61. The van der Waals surface area contributed by atoms with Crippen molar-refractivity contribution < 1.29 is 13.6 Å². The smallest absolute Gasteiger partial charge is 0.274 e. The van der Waals surface area contributed by atoms with E-state index in [4.69, 9.17) is 0 Å². The van der Waals surface area contributed by atoms with Gasteiger partial charge in [0.15, 0.2) is 11.6 Å². The van der Waals surface area contributed by atoms with Crippen LogP contribution in [0.4, 0.5) is 26.0 Å². The summed E-state index contributed by atoms with van der Waals surface area (Å²) in [5.41, 5.74) is 3.38. The number of rotatable bonds is 4. The Bertz CT molecular complexity index is 1020. The Hall–Kier alpha value is -3.35. The largest absolute Gasteiger partial charge is 0.340 e. The summed E-state index contributed by atoms with van der Waals surface area (Å²) in [4.78, 5) is 20.8. The second-order valence-corrected chi connectivity index (χ2v) is 6.19. The standard InChI is InChI=1S/C20H18F2N4O/c1-11-4-5-14(8-12(11)2)25-19-10-18(23-13(3)24-19)20(27)26-15-6-7-16(21)17(22)9-15/h4-10H,1-3H3,(H,26,27)(H,23,24,25). The lowest BCUT2D eigenvalue weighted by Crippen LogP contribution is -2.15. The van der Waals surface area contributed by atoms with Gasteiger partial charge in [0.2, 0.25) is 0 Å². The van der Waals surface area contributed by atoms with Crippen molar-refractivity contribution in [3.05, 3.63) is 76.7 Å². The molecule has 1 amide bonds. The number of hydrogen-bond acceptors (Lipinski definition) is 4. The molecule has 0 radical (unpaired) electrons. The molecule has 0 aliphatic carbocycles. The van der Waals surface area contributed by atoms with Crippen molar-refractivity contribution in [1.29, 1.82) is 0 Å². The number of nitrogens with zero attached hydrogens (tertiary/aromatic N) is 2. The normalized spacial score (nSPS) is 10.6. The Morgan fingerprint density at radius 1 is 0.852 bits per heavy atom. The molecule has 0 unspecified atom stereocenters. The van der Waals surface area contributed by atoms with E-state index in [1.165, 1.54) is 17.7 Å². The number of hydrogen-bond donors (Lipinski definition) is 2. The highest BCUT2D eigenvalue weighted by Gasteiger charge is 2.12. The van der Waals surface area contributed by atoms with Crippen molar-refractivity contribution in [2.75, 3.05) is 10.6 Å². The van der Waals surface area contributed by atoms with E-state index in [1.807, 2.05) is 32.0 Å². The molecule has 1 aromatic heterocycles. The van der Waals surface area contributed by atoms with E-state index in [1.54, 1.807) is 6.92 Å². The maximum atomic E-state index is 13.3. The third-order valence-electron chi connectivity index (χ3n) is 4.03. The zero-order valence-corrected chi connectivity index (χ0v) is 15.1. The van der Waals surface area contributed by atoms with Crippen LogP contribution in [-0.2, 0) is 0 Å². The summed E-state index contributed by atoms with van der Waals surface area (Å²) in [5.74, 6) is -1.70. The van der Waals surface area contributed by atoms with Crippen LogP contribution in [0.5, 0.6) is 0 Å². The van der Waals surface area contributed by atoms with Crippen molar-refractivity contribution in [2.24, 2.45) is 0 Å². The van der Waals surface area contributed by atoms with Gasteiger partial charge in [0.05, 0.1) is 0 Å². The highest BCUT2D eigenvalue weighted by Crippen LogP contribution is 2.20. The molecule has 0 atom stereocenters. The Labute approximate surface area is 155 Å². The lowest BCUT2D eigenvalue weighted by atomic mass is 10.1. The number of aryl methyl sites for hydroxylation is 3. The zero-order chi connectivity index (χ0) is 19.6. The van der Waals surface area contributed by atoms with E-state index >= 15 is 0 Å². The van der Waals surface area contributed by atoms with Gasteiger partial charge in [-0.25, -0.2) is 18.7 Å². The first-order chi connectivity index (χ1) is 12.8. The molecule has 0 saturated heterocycles. The third-order valence-corrected chi connectivity index (χ3v) is 4.03. The summed E-state index contributed by atoms with van der Waals surface area (Å²) >= 11 is 0. The lowest BCUT2D eigenvalue weighted by Gasteiger charge is -2.10. The van der Waals surface area contributed by atoms with E-state index in [9.17, 15) is 13.6 Å². The van der Waals surface area contributed by atoms with E-state index in [-0.39, 0.29) is 11.4 Å². The fourth-order valence-corrected chi connectivity index (χ4v) is 2.48. The summed E-state index contributed by atoms with van der Waals surface area (Å²) in [6.45, 7) is 5.70. The van der Waals surface area contributed by atoms with Gasteiger partial charge in [-0.1, -0.05) is 6.07 Å². The fraction of sp³-hybridized carbons (Fsp3) is 0.150. The minimum Gasteiger partial charge on any atom is -0.340 e. The zero-order valence-electron chi connectivity index (χ0n) is 15.1. The monoisotopic (exact) mass is 368 g/mol. The molecular weight excluding hydrogens is 350 g/mol. The minimum atomic E-state index is -1.04. The van der Waals surface area contributed by atoms with Gasteiger partial charge in [-0.3, -0.25) is 4.79 Å². The van der Waals surface area contributed by atoms with Crippen LogP contribution in [-0.4, -0.2) is 15.9 Å². The molecular formula is C20H18F2N4O. The highest BCUT2D eigenvalue weighted by molar-refractivity contribution is 6.03. The number of nitrogens with one attached hydrogen (secondary N) is 2. The molecule has 3 rings (SSSR count). The van der Waals surface area contributed by atoms with Crippen LogP contribution in [0.3, 0.4) is 0 Å². The lowest BCUT2D eigenvalue weighted by molar-refractivity contribution is 0.102. The topological polar surface area (TPSA) is 66.9 Å². The van der Waals surface area contributed by atoms with Crippen molar-refractivity contribution in [1.82, 2.24) is 9.97 Å². The van der Waals surface area contributed by atoms with Gasteiger partial charge in [0, 0.05) is 23.5 Å². The van der Waals surface area contributed by atoms with E-state index in [2.05, 4.69) is 20.6 Å². The number of benzene rings is 2. The Morgan fingerprint density at radius 3 is 2.30 bits per heavy atom. The van der Waals surface area contributed by atoms with E-state index in [0.717, 1.165) is 23.4 Å². The second-order valence-electron chi connectivity index (χ2n) is 6.19. The number of halogens is 2. The average molecular weight is 368 g/mol. The molecule has 0 saturated carbocycles. The molecule has 7 heteroatoms. The quantitative estimate of drug-likeness (QED) is 0.702. The molecule has 5 nitrogen and oxygen atoms in total. The summed E-state index contributed by atoms with van der Waals surface area (Å²) in [6.07, 6.45) is 0. The van der Waals surface area contributed by atoms with Crippen LogP contribution < -0.4 is 10.6 Å². The van der Waals surface area contributed by atoms with Crippen LogP contribution in [0, 0.1) is 32.4 Å². The number of carbonyl (C=O) groups excluding carboxylic acids is 1. The van der Waals surface area contributed by atoms with Crippen LogP contribution in [0.25, 0.3) is 0 Å². The molecule has 0 fully saturated rings. The second kappa shape index (κ2) is 7.49.